The topological polar surface area (TPSA) is 101 Å². The van der Waals surface area contributed by atoms with Crippen LogP contribution in [0.4, 0.5) is 18.9 Å². The zero-order chi connectivity index (χ0) is 32.4. The number of para-hydroxylation sites is 1. The predicted molar refractivity (Wildman–Crippen MR) is 168 cm³/mol. The summed E-state index contributed by atoms with van der Waals surface area (Å²) in [5.74, 6) is 1.51. The largest absolute Gasteiger partial charge is 0.485 e. The highest BCUT2D eigenvalue weighted by Gasteiger charge is 2.57. The van der Waals surface area contributed by atoms with Crippen LogP contribution in [0.15, 0.2) is 83.9 Å². The van der Waals surface area contributed by atoms with E-state index >= 15 is 0 Å². The minimum absolute atomic E-state index is 0.128. The second-order valence-corrected chi connectivity index (χ2v) is 12.9. The Hall–Kier alpha value is -3.58. The van der Waals surface area contributed by atoms with Gasteiger partial charge in [0.05, 0.1) is 10.4 Å². The van der Waals surface area contributed by atoms with Crippen LogP contribution in [0.3, 0.4) is 0 Å². The van der Waals surface area contributed by atoms with E-state index in [4.69, 9.17) is 9.84 Å². The molecule has 1 unspecified atom stereocenters. The number of benzene rings is 3. The lowest BCUT2D eigenvalue weighted by Crippen LogP contribution is -2.56. The van der Waals surface area contributed by atoms with Crippen LogP contribution in [0.5, 0.6) is 5.75 Å². The number of alkyl halides is 3. The lowest BCUT2D eigenvalue weighted by Gasteiger charge is -2.45. The van der Waals surface area contributed by atoms with Gasteiger partial charge in [-0.05, 0) is 37.6 Å². The van der Waals surface area contributed by atoms with E-state index in [1.54, 1.807) is 35.1 Å². The van der Waals surface area contributed by atoms with E-state index in [1.165, 1.54) is 24.4 Å². The van der Waals surface area contributed by atoms with Gasteiger partial charge in [-0.3, -0.25) is 15.0 Å². The van der Waals surface area contributed by atoms with Crippen LogP contribution in [-0.2, 0) is 12.1 Å². The molecule has 0 bridgehead atoms. The van der Waals surface area contributed by atoms with Gasteiger partial charge < -0.3 is 19.5 Å². The zero-order valence-corrected chi connectivity index (χ0v) is 25.9. The number of nitro benzene ring substituents is 1. The molecule has 1 fully saturated rings. The van der Waals surface area contributed by atoms with Crippen LogP contribution in [0.2, 0.25) is 0 Å². The number of β-amino-alcohol motifs (C(OH)–C–C–N with tert-alkyl or cyclic N) is 1. The van der Waals surface area contributed by atoms with Crippen LogP contribution in [0.1, 0.15) is 37.8 Å². The number of nitrogens with zero attached hydrogens (tertiary/aromatic N) is 3. The third-order valence-electron chi connectivity index (χ3n) is 8.07. The van der Waals surface area contributed by atoms with E-state index in [1.807, 2.05) is 54.6 Å². The SMILES string of the molecule is CC(C)O.O=[N+]([O-])c1ccc2c(C(O)(CN3CCC4(CC3)CSc3ccccc3O4)C(F)(F)F)cn(Cc3ccccc3)c2c1. The molecule has 1 aromatic heterocycles. The summed E-state index contributed by atoms with van der Waals surface area (Å²) in [6, 6.07) is 20.6. The van der Waals surface area contributed by atoms with Gasteiger partial charge in [-0.2, -0.15) is 13.2 Å². The first-order chi connectivity index (χ1) is 21.3. The summed E-state index contributed by atoms with van der Waals surface area (Å²) >= 11 is 1.69. The van der Waals surface area contributed by atoms with Crippen molar-refractivity contribution in [1.29, 1.82) is 0 Å². The number of aliphatic hydroxyl groups excluding tert-OH is 1. The number of hydrogen-bond donors (Lipinski definition) is 2. The molecule has 240 valence electrons. The number of rotatable bonds is 6. The lowest BCUT2D eigenvalue weighted by atomic mass is 9.88. The molecule has 4 aromatic rings. The maximum absolute atomic E-state index is 14.8. The molecule has 2 N–H and O–H groups in total. The van der Waals surface area contributed by atoms with Crippen molar-refractivity contribution in [1.82, 2.24) is 9.47 Å². The van der Waals surface area contributed by atoms with Crippen LogP contribution >= 0.6 is 11.8 Å². The van der Waals surface area contributed by atoms with Gasteiger partial charge in [0.15, 0.2) is 0 Å². The number of piperidine rings is 1. The smallest absolute Gasteiger partial charge is 0.422 e. The highest BCUT2D eigenvalue weighted by atomic mass is 32.2. The minimum Gasteiger partial charge on any atom is -0.485 e. The monoisotopic (exact) mass is 643 g/mol. The van der Waals surface area contributed by atoms with E-state index in [0.29, 0.717) is 31.7 Å². The molecule has 0 aliphatic carbocycles. The summed E-state index contributed by atoms with van der Waals surface area (Å²) in [6.07, 6.45) is -2.81. The summed E-state index contributed by atoms with van der Waals surface area (Å²) in [6.45, 7) is 3.64. The summed E-state index contributed by atoms with van der Waals surface area (Å²) < 4.78 is 52.3. The highest BCUT2D eigenvalue weighted by molar-refractivity contribution is 7.99. The molecule has 0 amide bonds. The van der Waals surface area contributed by atoms with Gasteiger partial charge in [0.25, 0.3) is 5.69 Å². The first kappa shape index (κ1) is 32.8. The van der Waals surface area contributed by atoms with Crippen LogP contribution in [0.25, 0.3) is 10.9 Å². The predicted octanol–water partition coefficient (Wildman–Crippen LogP) is 6.75. The number of fused-ring (bicyclic) bond motifs is 2. The average Bonchev–Trinajstić information content (AvgIpc) is 3.36. The van der Waals surface area contributed by atoms with E-state index in [2.05, 4.69) is 0 Å². The molecule has 1 atom stereocenters. The van der Waals surface area contributed by atoms with Gasteiger partial charge >= 0.3 is 6.18 Å². The molecule has 8 nitrogen and oxygen atoms in total. The van der Waals surface area contributed by atoms with Crippen molar-refractivity contribution in [2.45, 2.75) is 61.6 Å². The first-order valence-electron chi connectivity index (χ1n) is 14.7. The Morgan fingerprint density at radius 2 is 1.69 bits per heavy atom. The van der Waals surface area contributed by atoms with Crippen LogP contribution < -0.4 is 4.74 Å². The van der Waals surface area contributed by atoms with Crippen molar-refractivity contribution in [3.63, 3.8) is 0 Å². The Labute approximate surface area is 263 Å². The Kier molecular flexibility index (Phi) is 9.50. The van der Waals surface area contributed by atoms with E-state index in [9.17, 15) is 28.4 Å². The van der Waals surface area contributed by atoms with Crippen molar-refractivity contribution < 1.29 is 33.0 Å². The normalized spacial score (nSPS) is 17.7. The number of hydrogen-bond acceptors (Lipinski definition) is 7. The maximum atomic E-state index is 14.8. The summed E-state index contributed by atoms with van der Waals surface area (Å²) in [4.78, 5) is 13.6. The highest BCUT2D eigenvalue weighted by Crippen LogP contribution is 2.46. The quantitative estimate of drug-likeness (QED) is 0.177. The summed E-state index contributed by atoms with van der Waals surface area (Å²) in [5, 5.41) is 31.2. The number of halogens is 3. The van der Waals surface area contributed by atoms with Gasteiger partial charge in [0.2, 0.25) is 5.60 Å². The fourth-order valence-corrected chi connectivity index (χ4v) is 6.97. The molecule has 6 rings (SSSR count). The second-order valence-electron chi connectivity index (χ2n) is 11.9. The fourth-order valence-electron chi connectivity index (χ4n) is 5.78. The van der Waals surface area contributed by atoms with Gasteiger partial charge in [-0.15, -0.1) is 11.8 Å². The molecule has 45 heavy (non-hydrogen) atoms. The Morgan fingerprint density at radius 3 is 2.33 bits per heavy atom. The molecule has 0 saturated carbocycles. The first-order valence-corrected chi connectivity index (χ1v) is 15.7. The van der Waals surface area contributed by atoms with Crippen LogP contribution in [-0.4, -0.2) is 67.9 Å². The van der Waals surface area contributed by atoms with E-state index in [0.717, 1.165) is 16.2 Å². The van der Waals surface area contributed by atoms with Gasteiger partial charge in [0.1, 0.15) is 11.4 Å². The van der Waals surface area contributed by atoms with Crippen molar-refractivity contribution >= 4 is 28.4 Å². The Balaban J connectivity index is 0.000000945. The van der Waals surface area contributed by atoms with Gasteiger partial charge in [0, 0.05) is 85.1 Å². The number of nitro groups is 1. The fraction of sp³-hybridized carbons (Fsp3) is 0.394. The van der Waals surface area contributed by atoms with Crippen LogP contribution in [0, 0.1) is 10.1 Å². The number of likely N-dealkylation sites (tertiary alicyclic amines) is 1. The molecule has 0 radical (unpaired) electrons. The number of aliphatic hydroxyl groups is 2. The van der Waals surface area contributed by atoms with Crippen molar-refractivity contribution in [3.8, 4) is 5.75 Å². The average molecular weight is 644 g/mol. The van der Waals surface area contributed by atoms with Crippen molar-refractivity contribution in [3.05, 3.63) is 100 Å². The van der Waals surface area contributed by atoms with E-state index < -0.39 is 28.8 Å². The molecular formula is C33H36F3N3O5S. The number of aromatic nitrogens is 1. The number of non-ortho nitro benzene ring substituents is 1. The molecule has 1 spiro atoms. The lowest BCUT2D eigenvalue weighted by molar-refractivity contribution is -0.384. The summed E-state index contributed by atoms with van der Waals surface area (Å²) in [5.41, 5.74) is -3.14. The minimum atomic E-state index is -4.99. The van der Waals surface area contributed by atoms with Gasteiger partial charge in [-0.1, -0.05) is 42.5 Å². The molecular weight excluding hydrogens is 607 g/mol. The van der Waals surface area contributed by atoms with Crippen molar-refractivity contribution in [2.24, 2.45) is 0 Å². The standard InChI is InChI=1S/C30H28F3N3O4S.C3H8O/c31-30(32,33)29(37,19-34-14-12-28(13-15-34)20-41-27-9-5-4-8-26(27)40-28)24-18-35(17-21-6-2-1-3-7-21)25-16-22(36(38)39)10-11-23(24)25;1-3(2)4/h1-11,16,18,37H,12-15,17,19-20H2;3-4H,1-2H3. The molecule has 1 saturated heterocycles. The third-order valence-corrected chi connectivity index (χ3v) is 9.39. The third kappa shape index (κ3) is 7.14. The molecule has 2 aliphatic heterocycles. The van der Waals surface area contributed by atoms with Gasteiger partial charge in [-0.25, -0.2) is 0 Å². The van der Waals surface area contributed by atoms with E-state index in [-0.39, 0.29) is 34.8 Å². The summed E-state index contributed by atoms with van der Waals surface area (Å²) in [7, 11) is 0. The number of thioether (sulfide) groups is 1. The molecule has 2 aliphatic rings. The number of ether oxygens (including phenoxy) is 1. The Bertz CT molecular complexity index is 1640. The second kappa shape index (κ2) is 13.0. The molecule has 12 heteroatoms. The maximum Gasteiger partial charge on any atom is 0.422 e. The Morgan fingerprint density at radius 1 is 1.04 bits per heavy atom. The zero-order valence-electron chi connectivity index (χ0n) is 25.0. The van der Waals surface area contributed by atoms with Crippen molar-refractivity contribution in [2.75, 3.05) is 25.4 Å². The molecule has 3 heterocycles. The molecule has 3 aromatic carbocycles.